The molecule has 0 aliphatic heterocycles. The van der Waals surface area contributed by atoms with E-state index in [1.807, 2.05) is 6.07 Å². The van der Waals surface area contributed by atoms with Crippen molar-refractivity contribution in [2.24, 2.45) is 0 Å². The normalized spacial score (nSPS) is 10.3. The first-order valence-electron chi connectivity index (χ1n) is 5.24. The van der Waals surface area contributed by atoms with E-state index >= 15 is 0 Å². The molecule has 0 saturated heterocycles. The zero-order valence-electron chi connectivity index (χ0n) is 9.61. The minimum atomic E-state index is -0.492. The number of aromatic amines is 1. The maximum Gasteiger partial charge on any atom is 0.288 e. The van der Waals surface area contributed by atoms with Gasteiger partial charge < -0.3 is 5.32 Å². The largest absolute Gasteiger partial charge is 0.379 e. The summed E-state index contributed by atoms with van der Waals surface area (Å²) in [6.45, 7) is 2.34. The Balaban J connectivity index is 2.19. The monoisotopic (exact) mass is 266 g/mol. The fraction of sp³-hybridized carbons (Fsp3) is 0.182. The number of nitrogens with one attached hydrogen (secondary N) is 2. The molecular formula is C11H11ClN4O2. The SMILES string of the molecule is Cc1cc([N+](=O)[O-])c(Cl)cc1NCc1ccn[nH]1. The minimum Gasteiger partial charge on any atom is -0.379 e. The smallest absolute Gasteiger partial charge is 0.288 e. The number of rotatable bonds is 4. The van der Waals surface area contributed by atoms with E-state index in [0.29, 0.717) is 6.54 Å². The molecule has 0 aliphatic rings. The van der Waals surface area contributed by atoms with Crippen LogP contribution in [0, 0.1) is 17.0 Å². The van der Waals surface area contributed by atoms with Gasteiger partial charge in [-0.3, -0.25) is 15.2 Å². The van der Waals surface area contributed by atoms with Gasteiger partial charge in [0.15, 0.2) is 0 Å². The van der Waals surface area contributed by atoms with E-state index in [2.05, 4.69) is 15.5 Å². The van der Waals surface area contributed by atoms with E-state index in [4.69, 9.17) is 11.6 Å². The fourth-order valence-corrected chi connectivity index (χ4v) is 1.80. The number of benzene rings is 1. The van der Waals surface area contributed by atoms with Gasteiger partial charge in [0.2, 0.25) is 0 Å². The standard InChI is InChI=1S/C11H11ClN4O2/c1-7-4-11(16(17)18)9(12)5-10(7)13-6-8-2-3-14-15-8/h2-5,13H,6H2,1H3,(H,14,15). The highest BCUT2D eigenvalue weighted by Gasteiger charge is 2.14. The zero-order chi connectivity index (χ0) is 13.1. The lowest BCUT2D eigenvalue weighted by atomic mass is 10.1. The van der Waals surface area contributed by atoms with Crippen molar-refractivity contribution in [3.8, 4) is 0 Å². The van der Waals surface area contributed by atoms with Crippen molar-refractivity contribution in [2.75, 3.05) is 5.32 Å². The molecule has 0 saturated carbocycles. The summed E-state index contributed by atoms with van der Waals surface area (Å²) in [7, 11) is 0. The van der Waals surface area contributed by atoms with E-state index in [-0.39, 0.29) is 10.7 Å². The number of nitro groups is 1. The summed E-state index contributed by atoms with van der Waals surface area (Å²) in [4.78, 5) is 10.2. The second-order valence-electron chi connectivity index (χ2n) is 3.81. The third kappa shape index (κ3) is 2.60. The number of nitrogens with zero attached hydrogens (tertiary/aromatic N) is 2. The number of aryl methyl sites for hydroxylation is 1. The summed E-state index contributed by atoms with van der Waals surface area (Å²) in [5.74, 6) is 0. The third-order valence-corrected chi connectivity index (χ3v) is 2.82. The summed E-state index contributed by atoms with van der Waals surface area (Å²) in [6, 6.07) is 4.86. The number of aromatic nitrogens is 2. The highest BCUT2D eigenvalue weighted by Crippen LogP contribution is 2.30. The van der Waals surface area contributed by atoms with Gasteiger partial charge in [0.05, 0.1) is 17.2 Å². The van der Waals surface area contributed by atoms with Crippen LogP contribution in [0.1, 0.15) is 11.3 Å². The van der Waals surface area contributed by atoms with Gasteiger partial charge in [-0.1, -0.05) is 11.6 Å². The lowest BCUT2D eigenvalue weighted by molar-refractivity contribution is -0.384. The van der Waals surface area contributed by atoms with E-state index in [1.54, 1.807) is 19.2 Å². The van der Waals surface area contributed by atoms with E-state index in [9.17, 15) is 10.1 Å². The summed E-state index contributed by atoms with van der Waals surface area (Å²) >= 11 is 5.86. The average molecular weight is 267 g/mol. The van der Waals surface area contributed by atoms with Crippen LogP contribution < -0.4 is 5.32 Å². The molecular weight excluding hydrogens is 256 g/mol. The van der Waals surface area contributed by atoms with E-state index in [0.717, 1.165) is 16.9 Å². The molecule has 0 amide bonds. The summed E-state index contributed by atoms with van der Waals surface area (Å²) in [5, 5.41) is 20.6. The summed E-state index contributed by atoms with van der Waals surface area (Å²) < 4.78 is 0. The quantitative estimate of drug-likeness (QED) is 0.658. The van der Waals surface area contributed by atoms with Crippen LogP contribution in [0.2, 0.25) is 5.02 Å². The topological polar surface area (TPSA) is 83.8 Å². The predicted molar refractivity (Wildman–Crippen MR) is 68.8 cm³/mol. The molecule has 1 aromatic carbocycles. The molecule has 2 rings (SSSR count). The molecule has 2 aromatic rings. The second kappa shape index (κ2) is 5.05. The molecule has 0 atom stereocenters. The van der Waals surface area contributed by atoms with Crippen molar-refractivity contribution in [1.29, 1.82) is 0 Å². The molecule has 1 aromatic heterocycles. The predicted octanol–water partition coefficient (Wildman–Crippen LogP) is 2.89. The molecule has 0 aliphatic carbocycles. The molecule has 18 heavy (non-hydrogen) atoms. The number of hydrogen-bond acceptors (Lipinski definition) is 4. The Hall–Kier alpha value is -2.08. The van der Waals surface area contributed by atoms with Crippen molar-refractivity contribution in [2.45, 2.75) is 13.5 Å². The van der Waals surface area contributed by atoms with E-state index < -0.39 is 4.92 Å². The maximum absolute atomic E-state index is 10.7. The van der Waals surface area contributed by atoms with Gasteiger partial charge in [0, 0.05) is 18.0 Å². The van der Waals surface area contributed by atoms with Crippen molar-refractivity contribution in [3.63, 3.8) is 0 Å². The Morgan fingerprint density at radius 1 is 1.56 bits per heavy atom. The van der Waals surface area contributed by atoms with Crippen LogP contribution in [0.15, 0.2) is 24.4 Å². The second-order valence-corrected chi connectivity index (χ2v) is 4.22. The Morgan fingerprint density at radius 2 is 2.33 bits per heavy atom. The maximum atomic E-state index is 10.7. The van der Waals surface area contributed by atoms with Gasteiger partial charge in [0.1, 0.15) is 5.02 Å². The zero-order valence-corrected chi connectivity index (χ0v) is 10.4. The van der Waals surface area contributed by atoms with Crippen molar-refractivity contribution >= 4 is 23.0 Å². The molecule has 0 radical (unpaired) electrons. The van der Waals surface area contributed by atoms with Gasteiger partial charge in [-0.25, -0.2) is 0 Å². The molecule has 0 fully saturated rings. The highest BCUT2D eigenvalue weighted by molar-refractivity contribution is 6.33. The van der Waals surface area contributed by atoms with Crippen LogP contribution >= 0.6 is 11.6 Å². The third-order valence-electron chi connectivity index (χ3n) is 2.52. The molecule has 0 bridgehead atoms. The first-order valence-corrected chi connectivity index (χ1v) is 5.62. The molecule has 0 spiro atoms. The van der Waals surface area contributed by atoms with Gasteiger partial charge in [-0.2, -0.15) is 5.10 Å². The first kappa shape index (κ1) is 12.4. The molecule has 7 heteroatoms. The summed E-state index contributed by atoms with van der Waals surface area (Å²) in [5.41, 5.74) is 2.37. The van der Waals surface area contributed by atoms with Gasteiger partial charge in [0.25, 0.3) is 5.69 Å². The Labute approximate surface area is 108 Å². The van der Waals surface area contributed by atoms with Crippen LogP contribution in [-0.2, 0) is 6.54 Å². The Morgan fingerprint density at radius 3 is 2.94 bits per heavy atom. The fourth-order valence-electron chi connectivity index (χ4n) is 1.57. The lowest BCUT2D eigenvalue weighted by Gasteiger charge is -2.09. The number of H-pyrrole nitrogens is 1. The molecule has 0 unspecified atom stereocenters. The number of nitro benzene ring substituents is 1. The summed E-state index contributed by atoms with van der Waals surface area (Å²) in [6.07, 6.45) is 1.66. The molecule has 6 nitrogen and oxygen atoms in total. The van der Waals surface area contributed by atoms with Crippen molar-refractivity contribution in [3.05, 3.63) is 50.8 Å². The molecule has 1 heterocycles. The van der Waals surface area contributed by atoms with Crippen LogP contribution in [0.4, 0.5) is 11.4 Å². The first-order chi connectivity index (χ1) is 8.58. The van der Waals surface area contributed by atoms with Crippen LogP contribution in [0.25, 0.3) is 0 Å². The van der Waals surface area contributed by atoms with Gasteiger partial charge >= 0.3 is 0 Å². The molecule has 2 N–H and O–H groups in total. The van der Waals surface area contributed by atoms with Crippen LogP contribution in [-0.4, -0.2) is 15.1 Å². The number of hydrogen-bond donors (Lipinski definition) is 2. The minimum absolute atomic E-state index is 0.0822. The Kier molecular flexibility index (Phi) is 3.47. The lowest BCUT2D eigenvalue weighted by Crippen LogP contribution is -2.02. The van der Waals surface area contributed by atoms with Crippen LogP contribution in [0.3, 0.4) is 0 Å². The molecule has 94 valence electrons. The van der Waals surface area contributed by atoms with E-state index in [1.165, 1.54) is 6.07 Å². The Bertz CT molecular complexity index is 569. The average Bonchev–Trinajstić information content (AvgIpc) is 2.82. The van der Waals surface area contributed by atoms with Gasteiger partial charge in [-0.05, 0) is 24.6 Å². The number of anilines is 1. The highest BCUT2D eigenvalue weighted by atomic mass is 35.5. The van der Waals surface area contributed by atoms with Crippen molar-refractivity contribution in [1.82, 2.24) is 10.2 Å². The van der Waals surface area contributed by atoms with Crippen molar-refractivity contribution < 1.29 is 4.92 Å². The van der Waals surface area contributed by atoms with Gasteiger partial charge in [-0.15, -0.1) is 0 Å². The number of halogens is 1. The van der Waals surface area contributed by atoms with Crippen LogP contribution in [0.5, 0.6) is 0 Å².